The third-order valence-electron chi connectivity index (χ3n) is 9.39. The molecule has 53 heavy (non-hydrogen) atoms. The number of hydrogen-bond acceptors (Lipinski definition) is 7. The molecule has 0 fully saturated rings. The van der Waals surface area contributed by atoms with Crippen molar-refractivity contribution in [3.63, 3.8) is 0 Å². The largest absolute Gasteiger partial charge is 0.510 e. The number of anilines is 7. The topological polar surface area (TPSA) is 52.9 Å². The van der Waals surface area contributed by atoms with Gasteiger partial charge in [0, 0.05) is 44.7 Å². The molecule has 0 bridgehead atoms. The fourth-order valence-electron chi connectivity index (χ4n) is 7.10. The maximum atomic E-state index is 6.83. The van der Waals surface area contributed by atoms with E-state index in [0.717, 1.165) is 67.5 Å². The number of fused-ring (bicyclic) bond motifs is 5. The van der Waals surface area contributed by atoms with E-state index in [1.807, 2.05) is 104 Å². The average Bonchev–Trinajstić information content (AvgIpc) is 3.79. The molecule has 5 heterocycles. The number of ether oxygens (including phenoxy) is 1. The first-order chi connectivity index (χ1) is 25.7. The van der Waals surface area contributed by atoms with E-state index in [1.54, 1.807) is 0 Å². The molecule has 8 aromatic rings. The molecule has 0 atom stereocenters. The van der Waals surface area contributed by atoms with E-state index >= 15 is 0 Å². The van der Waals surface area contributed by atoms with Crippen molar-refractivity contribution >= 4 is 61.7 Å². The van der Waals surface area contributed by atoms with Crippen LogP contribution in [0.25, 0.3) is 27.6 Å². The molecule has 10 rings (SSSR count). The van der Waals surface area contributed by atoms with Gasteiger partial charge < -0.3 is 24.0 Å². The zero-order valence-corrected chi connectivity index (χ0v) is 30.7. The maximum absolute atomic E-state index is 6.83. The molecule has 0 amide bonds. The molecule has 0 saturated heterocycles. The van der Waals surface area contributed by atoms with Gasteiger partial charge in [0.1, 0.15) is 5.82 Å². The van der Waals surface area contributed by atoms with Gasteiger partial charge >= 0.3 is 0 Å². The Balaban J connectivity index is 0.00000372. The van der Waals surface area contributed by atoms with Gasteiger partial charge in [-0.15, -0.1) is 41.4 Å². The summed E-state index contributed by atoms with van der Waals surface area (Å²) in [6, 6.07) is 52.7. The van der Waals surface area contributed by atoms with Crippen molar-refractivity contribution in [2.45, 2.75) is 0 Å². The first-order valence-corrected chi connectivity index (χ1v) is 17.1. The Labute approximate surface area is 321 Å². The predicted octanol–water partition coefficient (Wildman–Crippen LogP) is 10.6. The monoisotopic (exact) mass is 867 g/mol. The molecule has 9 heteroatoms. The molecule has 260 valence electrons. The van der Waals surface area contributed by atoms with Gasteiger partial charge in [-0.3, -0.25) is 4.90 Å². The Morgan fingerprint density at radius 2 is 1.49 bits per heavy atom. The predicted molar refractivity (Wildman–Crippen MR) is 207 cm³/mol. The Kier molecular flexibility index (Phi) is 8.17. The molecule has 3 aromatic heterocycles. The maximum Gasteiger partial charge on any atom is 0.194 e. The zero-order chi connectivity index (χ0) is 34.6. The van der Waals surface area contributed by atoms with Crippen molar-refractivity contribution in [1.29, 1.82) is 0 Å². The van der Waals surface area contributed by atoms with Crippen LogP contribution in [0.1, 0.15) is 0 Å². The van der Waals surface area contributed by atoms with Crippen LogP contribution in [0.15, 0.2) is 158 Å². The summed E-state index contributed by atoms with van der Waals surface area (Å²) >= 11 is 0. The van der Waals surface area contributed by atoms with Crippen LogP contribution in [-0.2, 0) is 21.1 Å². The van der Waals surface area contributed by atoms with Gasteiger partial charge in [-0.1, -0.05) is 71.5 Å². The van der Waals surface area contributed by atoms with Crippen LogP contribution in [-0.4, -0.2) is 26.5 Å². The molecular formula is C44H30N7OPt-3. The Morgan fingerprint density at radius 3 is 2.34 bits per heavy atom. The summed E-state index contributed by atoms with van der Waals surface area (Å²) in [6.07, 6.45) is 7.70. The van der Waals surface area contributed by atoms with Crippen LogP contribution < -0.4 is 19.4 Å². The normalized spacial score (nSPS) is 13.1. The summed E-state index contributed by atoms with van der Waals surface area (Å²) in [6.45, 7) is 2.02. The third-order valence-corrected chi connectivity index (χ3v) is 9.39. The molecule has 0 unspecified atom stereocenters. The summed E-state index contributed by atoms with van der Waals surface area (Å²) in [7, 11) is 2.01. The SMILES string of the molecule is CN1C=CN(c2[c-]c(N(c3[c-]c4c(cc3)c3ccccc3n4-c3ccccn3)c3ccnc4c3Oc3ccccc3N4c3ccccc3)ccc2)[CH-]1.[Pt]. The van der Waals surface area contributed by atoms with Crippen molar-refractivity contribution in [3.8, 4) is 17.3 Å². The minimum absolute atomic E-state index is 0. The van der Waals surface area contributed by atoms with Crippen LogP contribution in [0.4, 0.5) is 39.9 Å². The fourth-order valence-corrected chi connectivity index (χ4v) is 7.10. The van der Waals surface area contributed by atoms with E-state index < -0.39 is 0 Å². The summed E-state index contributed by atoms with van der Waals surface area (Å²) in [5.41, 5.74) is 7.18. The fraction of sp³-hybridized carbons (Fsp3) is 0.0227. The first kappa shape index (κ1) is 32.5. The van der Waals surface area contributed by atoms with Gasteiger partial charge in [0.25, 0.3) is 0 Å². The van der Waals surface area contributed by atoms with Crippen LogP contribution in [0.5, 0.6) is 11.5 Å². The zero-order valence-electron chi connectivity index (χ0n) is 28.4. The molecule has 0 spiro atoms. The molecule has 0 N–H and O–H groups in total. The van der Waals surface area contributed by atoms with E-state index in [-0.39, 0.29) is 21.1 Å². The van der Waals surface area contributed by atoms with Gasteiger partial charge in [0.2, 0.25) is 0 Å². The van der Waals surface area contributed by atoms with Crippen molar-refractivity contribution < 1.29 is 25.8 Å². The molecule has 0 aliphatic carbocycles. The van der Waals surface area contributed by atoms with Crippen molar-refractivity contribution in [1.82, 2.24) is 19.4 Å². The number of pyridine rings is 2. The summed E-state index contributed by atoms with van der Waals surface area (Å²) < 4.78 is 9.01. The second-order valence-electron chi connectivity index (χ2n) is 12.6. The van der Waals surface area contributed by atoms with Crippen molar-refractivity contribution in [2.24, 2.45) is 0 Å². The van der Waals surface area contributed by atoms with Crippen molar-refractivity contribution in [3.05, 3.63) is 177 Å². The van der Waals surface area contributed by atoms with Crippen LogP contribution in [0.3, 0.4) is 0 Å². The number of para-hydroxylation sites is 4. The number of rotatable bonds is 6. The van der Waals surface area contributed by atoms with Gasteiger partial charge in [0.05, 0.1) is 11.4 Å². The second kappa shape index (κ2) is 13.3. The Hall–Kier alpha value is -6.37. The van der Waals surface area contributed by atoms with Gasteiger partial charge in [-0.25, -0.2) is 9.97 Å². The van der Waals surface area contributed by atoms with E-state index in [2.05, 4.69) is 104 Å². The summed E-state index contributed by atoms with van der Waals surface area (Å²) in [5, 5.41) is 2.21. The molecule has 2 aliphatic rings. The minimum Gasteiger partial charge on any atom is -0.510 e. The van der Waals surface area contributed by atoms with E-state index in [0.29, 0.717) is 11.6 Å². The van der Waals surface area contributed by atoms with Crippen LogP contribution >= 0.6 is 0 Å². The molecule has 8 nitrogen and oxygen atoms in total. The average molecular weight is 868 g/mol. The van der Waals surface area contributed by atoms with E-state index in [9.17, 15) is 0 Å². The van der Waals surface area contributed by atoms with Gasteiger partial charge in [-0.05, 0) is 73.4 Å². The third kappa shape index (κ3) is 5.50. The molecule has 2 aliphatic heterocycles. The first-order valence-electron chi connectivity index (χ1n) is 17.1. The van der Waals surface area contributed by atoms with Crippen LogP contribution in [0, 0.1) is 18.8 Å². The van der Waals surface area contributed by atoms with Crippen molar-refractivity contribution in [2.75, 3.05) is 21.7 Å². The Bertz CT molecular complexity index is 2640. The molecule has 0 radical (unpaired) electrons. The quantitative estimate of drug-likeness (QED) is 0.154. The number of nitrogens with zero attached hydrogens (tertiary/aromatic N) is 7. The van der Waals surface area contributed by atoms with E-state index in [4.69, 9.17) is 14.7 Å². The second-order valence-corrected chi connectivity index (χ2v) is 12.6. The number of hydrogen-bond donors (Lipinski definition) is 0. The Morgan fingerprint density at radius 1 is 0.679 bits per heavy atom. The summed E-state index contributed by atoms with van der Waals surface area (Å²) in [5.74, 6) is 2.86. The number of benzene rings is 5. The standard InChI is InChI=1S/C44H30N7O.Pt/c1-47-26-27-48(30-47)32-14-11-15-33(28-32)49(34-21-22-36-35-16-5-6-17-37(35)51(40(36)29-34)42-20-9-10-24-45-42)39-23-25-46-44-43(39)52-41-19-8-7-18-38(41)50(44)31-12-3-2-4-13-31;/h2-27,30H,1H3;/q-3;. The van der Waals surface area contributed by atoms with Crippen LogP contribution in [0.2, 0.25) is 0 Å². The summed E-state index contributed by atoms with van der Waals surface area (Å²) in [4.78, 5) is 18.1. The molecular weight excluding hydrogens is 838 g/mol. The van der Waals surface area contributed by atoms with Gasteiger partial charge in [-0.2, -0.15) is 18.8 Å². The molecule has 0 saturated carbocycles. The smallest absolute Gasteiger partial charge is 0.194 e. The molecule has 5 aromatic carbocycles. The van der Waals surface area contributed by atoms with Gasteiger partial charge in [0.15, 0.2) is 17.3 Å². The minimum atomic E-state index is 0. The number of aromatic nitrogens is 3. The van der Waals surface area contributed by atoms with E-state index in [1.165, 1.54) is 0 Å².